The first-order chi connectivity index (χ1) is 45.8. The maximum atomic E-state index is 15.3. The molecule has 3 aromatic carbocycles. The zero-order chi connectivity index (χ0) is 67.7. The van der Waals surface area contributed by atoms with Crippen molar-refractivity contribution in [3.63, 3.8) is 0 Å². The molecule has 2 aliphatic heterocycles. The van der Waals surface area contributed by atoms with E-state index in [1.807, 2.05) is 74.5 Å². The second-order valence-electron chi connectivity index (χ2n) is 24.4. The number of carbonyl (C=O) groups is 10. The number of para-hydroxylation sites is 3. The van der Waals surface area contributed by atoms with Gasteiger partial charge in [-0.2, -0.15) is 0 Å². The van der Waals surface area contributed by atoms with Gasteiger partial charge in [-0.1, -0.05) is 68.4 Å². The van der Waals surface area contributed by atoms with Crippen molar-refractivity contribution < 1.29 is 53.1 Å². The number of imidazole rings is 1. The summed E-state index contributed by atoms with van der Waals surface area (Å²) in [6.07, 6.45) is 9.00. The van der Waals surface area contributed by atoms with Gasteiger partial charge in [0.15, 0.2) is 5.96 Å². The van der Waals surface area contributed by atoms with Gasteiger partial charge in [0.25, 0.3) is 0 Å². The Morgan fingerprint density at radius 2 is 1.08 bits per heavy atom. The molecule has 9 rings (SSSR count). The lowest BCUT2D eigenvalue weighted by molar-refractivity contribution is -0.142. The van der Waals surface area contributed by atoms with Crippen LogP contribution in [0.5, 0.6) is 0 Å². The fourth-order valence-electron chi connectivity index (χ4n) is 12.2. The molecule has 0 spiro atoms. The number of likely N-dealkylation sites (tertiary alicyclic amines) is 1. The highest BCUT2D eigenvalue weighted by atomic mass is 16.3. The van der Waals surface area contributed by atoms with Gasteiger partial charge in [0, 0.05) is 115 Å². The third-order valence-corrected chi connectivity index (χ3v) is 17.0. The van der Waals surface area contributed by atoms with Crippen LogP contribution in [0.4, 0.5) is 0 Å². The van der Waals surface area contributed by atoms with Crippen LogP contribution in [0.3, 0.4) is 0 Å². The average Bonchev–Trinajstić information content (AvgIpc) is 2.04. The number of fused-ring (bicyclic) bond motifs is 3. The predicted octanol–water partition coefficient (Wildman–Crippen LogP) is 0.0155. The smallest absolute Gasteiger partial charge is 0.245 e. The molecule has 10 amide bonds. The zero-order valence-corrected chi connectivity index (χ0v) is 53.2. The number of aliphatic hydroxyl groups excluding tert-OH is 1. The number of aliphatic hydroxyl groups is 1. The number of hydrogen-bond donors (Lipinski definition) is 16. The molecular weight excluding hydrogens is 1220 g/mol. The maximum absolute atomic E-state index is 15.3. The minimum atomic E-state index is -1.76. The Morgan fingerprint density at radius 3 is 1.55 bits per heavy atom. The number of benzene rings is 3. The van der Waals surface area contributed by atoms with Crippen LogP contribution < -0.4 is 59.3 Å². The van der Waals surface area contributed by atoms with E-state index in [4.69, 9.17) is 11.5 Å². The number of rotatable bonds is 32. The number of likely N-dealkylation sites (N-methyl/N-ethyl adjacent to an activating group) is 1. The first kappa shape index (κ1) is 68.8. The van der Waals surface area contributed by atoms with Crippen LogP contribution >= 0.6 is 0 Å². The van der Waals surface area contributed by atoms with Gasteiger partial charge >= 0.3 is 0 Å². The third-order valence-electron chi connectivity index (χ3n) is 17.0. The number of carbonyl (C=O) groups excluding carboxylic acids is 10. The summed E-state index contributed by atoms with van der Waals surface area (Å²) < 4.78 is 0. The van der Waals surface area contributed by atoms with Crippen molar-refractivity contribution in [2.75, 3.05) is 26.2 Å². The van der Waals surface area contributed by atoms with Gasteiger partial charge in [0.05, 0.1) is 12.9 Å². The molecule has 0 radical (unpaired) electrons. The maximum Gasteiger partial charge on any atom is 0.245 e. The van der Waals surface area contributed by atoms with Crippen LogP contribution in [0.15, 0.2) is 109 Å². The third kappa shape index (κ3) is 18.0. The molecule has 0 bridgehead atoms. The Balaban J connectivity index is 0.987. The molecule has 18 N–H and O–H groups in total. The van der Waals surface area contributed by atoms with Crippen molar-refractivity contribution in [2.24, 2.45) is 22.4 Å². The van der Waals surface area contributed by atoms with Crippen molar-refractivity contribution in [3.05, 3.63) is 126 Å². The first-order valence-corrected chi connectivity index (χ1v) is 32.1. The Morgan fingerprint density at radius 1 is 0.611 bits per heavy atom. The highest BCUT2D eigenvalue weighted by molar-refractivity contribution is 6.00. The van der Waals surface area contributed by atoms with E-state index in [0.717, 1.165) is 21.8 Å². The van der Waals surface area contributed by atoms with Crippen LogP contribution in [0.2, 0.25) is 0 Å². The number of guanidine groups is 1. The van der Waals surface area contributed by atoms with Gasteiger partial charge in [-0.15, -0.1) is 0 Å². The quantitative estimate of drug-likeness (QED) is 0.0150. The summed E-state index contributed by atoms with van der Waals surface area (Å²) in [5, 5.41) is 38.0. The molecule has 4 aromatic heterocycles. The van der Waals surface area contributed by atoms with Gasteiger partial charge < -0.3 is 89.3 Å². The van der Waals surface area contributed by atoms with Crippen LogP contribution in [-0.4, -0.2) is 181 Å². The Hall–Kier alpha value is -10.6. The summed E-state index contributed by atoms with van der Waals surface area (Å²) in [5.74, 6) is -7.27. The van der Waals surface area contributed by atoms with E-state index in [-0.39, 0.29) is 94.6 Å². The summed E-state index contributed by atoms with van der Waals surface area (Å²) in [5.41, 5.74) is 15.6. The summed E-state index contributed by atoms with van der Waals surface area (Å²) >= 11 is 0. The highest BCUT2D eigenvalue weighted by Gasteiger charge is 2.40. The van der Waals surface area contributed by atoms with Gasteiger partial charge in [-0.05, 0) is 86.3 Å². The topological polar surface area (TPSA) is 443 Å². The fourth-order valence-corrected chi connectivity index (χ4v) is 12.2. The van der Waals surface area contributed by atoms with E-state index < -0.39 is 108 Å². The molecule has 7 aromatic rings. The van der Waals surface area contributed by atoms with Gasteiger partial charge in [-0.3, -0.25) is 52.9 Å². The van der Waals surface area contributed by atoms with Crippen LogP contribution in [0.1, 0.15) is 88.1 Å². The van der Waals surface area contributed by atoms with Crippen LogP contribution in [0, 0.1) is 5.92 Å². The number of aromatic nitrogens is 5. The van der Waals surface area contributed by atoms with Crippen LogP contribution in [0.25, 0.3) is 32.7 Å². The van der Waals surface area contributed by atoms with E-state index in [9.17, 15) is 43.5 Å². The molecule has 9 atom stereocenters. The Labute approximate surface area is 547 Å². The van der Waals surface area contributed by atoms with E-state index in [1.165, 1.54) is 17.4 Å². The molecule has 504 valence electrons. The number of nitrogens with zero attached hydrogens (tertiary/aromatic N) is 3. The second kappa shape index (κ2) is 32.3. The van der Waals surface area contributed by atoms with E-state index >= 15 is 9.59 Å². The Bertz CT molecular complexity index is 3910. The van der Waals surface area contributed by atoms with E-state index in [0.29, 0.717) is 52.7 Å². The molecule has 0 saturated carbocycles. The first-order valence-electron chi connectivity index (χ1n) is 32.1. The van der Waals surface area contributed by atoms with E-state index in [1.54, 1.807) is 37.6 Å². The minimum Gasteiger partial charge on any atom is -0.394 e. The van der Waals surface area contributed by atoms with Crippen molar-refractivity contribution in [1.29, 1.82) is 0 Å². The van der Waals surface area contributed by atoms with Crippen molar-refractivity contribution >= 4 is 97.7 Å². The van der Waals surface area contributed by atoms with Crippen molar-refractivity contribution in [2.45, 2.75) is 146 Å². The lowest BCUT2D eigenvalue weighted by Crippen LogP contribution is -2.61. The summed E-state index contributed by atoms with van der Waals surface area (Å²) in [6, 6.07) is 10.2. The SMILES string of the molecule is CCNC(=O)[C@@H]1CCCN1C(=O)[C@H](CCCN=C(N)N)NC(=O)[C@H](CC(C)C)NC(=O)[C@@H](Cc1c[nH]c2ccccc12)NC(=O)[C@H](Cc1c[nH]c2ccccc12)NC(=O)[C@H](CO)NC(=O)[C@H](Cc1c[nH]c2ccccc12)NC(=O)[C@H](Cc1cnc[nH]1)NC(=O)[C@@H]1CCC(=O)N1. The molecule has 29 nitrogen and oxygen atoms in total. The standard InChI is InChI=1S/C66H84N18O11/c1-4-70-64(94)55-20-12-24-84(55)65(95)48(19-11-23-71-66(67)68)77-58(88)49(25-36(2)3)78-59(89)50(26-37-30-72-44-16-8-5-13-41(37)44)79-60(90)51(27-38-31-73-45-17-9-6-14-42(38)45)81-63(93)54(34-85)83-61(91)52(28-39-32-74-46-18-10-7-15-43(39)46)80-62(92)53(29-40-33-69-35-75-40)82-57(87)47-21-22-56(86)76-47/h5-10,13-18,30-33,35-36,47-55,72-74,85H,4,11-12,19-29,34H2,1-3H3,(H,69,75)(H,70,94)(H,76,86)(H,77,88)(H,78,89)(H,79,90)(H,80,92)(H,81,93)(H,82,87)(H,83,91)(H4,67,68,71)/t47-,48-,49-,50+,51-,52-,53-,54-,55-/m0/s1. The second-order valence-corrected chi connectivity index (χ2v) is 24.4. The van der Waals surface area contributed by atoms with E-state index in [2.05, 4.69) is 77.8 Å². The Kier molecular flexibility index (Phi) is 23.4. The number of aliphatic imine (C=N–C) groups is 1. The van der Waals surface area contributed by atoms with Gasteiger partial charge in [0.1, 0.15) is 54.4 Å². The van der Waals surface area contributed by atoms with Crippen molar-refractivity contribution in [3.8, 4) is 0 Å². The summed E-state index contributed by atoms with van der Waals surface area (Å²) in [4.78, 5) is 165. The average molecular weight is 1310 g/mol. The summed E-state index contributed by atoms with van der Waals surface area (Å²) in [6.45, 7) is 5.22. The lowest BCUT2D eigenvalue weighted by Gasteiger charge is -2.30. The molecule has 2 saturated heterocycles. The zero-order valence-electron chi connectivity index (χ0n) is 53.2. The summed E-state index contributed by atoms with van der Waals surface area (Å²) in [7, 11) is 0. The number of hydrogen-bond acceptors (Lipinski definition) is 13. The van der Waals surface area contributed by atoms with Gasteiger partial charge in [0.2, 0.25) is 59.1 Å². The monoisotopic (exact) mass is 1300 g/mol. The number of nitrogens with one attached hydrogen (secondary N) is 13. The molecular formula is C66H84N18O11. The largest absolute Gasteiger partial charge is 0.394 e. The van der Waals surface area contributed by atoms with Gasteiger partial charge in [-0.25, -0.2) is 4.98 Å². The lowest BCUT2D eigenvalue weighted by atomic mass is 9.99. The number of H-pyrrole nitrogens is 4. The molecule has 0 aliphatic carbocycles. The molecule has 0 unspecified atom stereocenters. The molecule has 95 heavy (non-hydrogen) atoms. The minimum absolute atomic E-state index is 0.0762. The van der Waals surface area contributed by atoms with Crippen LogP contribution in [-0.2, 0) is 73.6 Å². The number of aromatic amines is 4. The molecule has 2 fully saturated rings. The number of nitrogens with two attached hydrogens (primary N) is 2. The highest BCUT2D eigenvalue weighted by Crippen LogP contribution is 2.25. The predicted molar refractivity (Wildman–Crippen MR) is 353 cm³/mol. The van der Waals surface area contributed by atoms with Crippen molar-refractivity contribution in [1.82, 2.24) is 77.7 Å². The number of amides is 10. The molecule has 29 heteroatoms. The fraction of sp³-hybridized carbons (Fsp3) is 0.424. The normalized spacial score (nSPS) is 16.8. The molecule has 6 heterocycles. The molecule has 2 aliphatic rings.